The predicted molar refractivity (Wildman–Crippen MR) is 150 cm³/mol. The number of rotatable bonds is 11. The minimum Gasteiger partial charge on any atom is -0.461 e. The molecule has 0 spiro atoms. The highest BCUT2D eigenvalue weighted by Gasteiger charge is 2.27. The van der Waals surface area contributed by atoms with Crippen molar-refractivity contribution in [3.05, 3.63) is 64.5 Å². The van der Waals surface area contributed by atoms with Gasteiger partial charge in [-0.3, -0.25) is 20.1 Å². The summed E-state index contributed by atoms with van der Waals surface area (Å²) in [7, 11) is 0. The maximum atomic E-state index is 12.8. The van der Waals surface area contributed by atoms with Crippen LogP contribution < -0.4 is 16.1 Å². The van der Waals surface area contributed by atoms with E-state index in [0.717, 1.165) is 52.6 Å². The van der Waals surface area contributed by atoms with Crippen LogP contribution in [-0.2, 0) is 27.4 Å². The van der Waals surface area contributed by atoms with Gasteiger partial charge in [0.25, 0.3) is 5.91 Å². The molecule has 1 aliphatic rings. The average Bonchev–Trinajstić information content (AvgIpc) is 3.56. The van der Waals surface area contributed by atoms with E-state index in [0.29, 0.717) is 18.0 Å². The number of amides is 1. The lowest BCUT2D eigenvalue weighted by atomic mass is 10.1. The van der Waals surface area contributed by atoms with Crippen LogP contribution in [-0.4, -0.2) is 41.4 Å². The first-order valence-corrected chi connectivity index (χ1v) is 13.9. The Kier molecular flexibility index (Phi) is 9.38. The summed E-state index contributed by atoms with van der Waals surface area (Å²) in [6.07, 6.45) is 4.13. The van der Waals surface area contributed by atoms with E-state index in [-0.39, 0.29) is 24.3 Å². The van der Waals surface area contributed by atoms with Crippen molar-refractivity contribution in [1.29, 1.82) is 0 Å². The fourth-order valence-corrected chi connectivity index (χ4v) is 5.35. The van der Waals surface area contributed by atoms with Crippen molar-refractivity contribution in [1.82, 2.24) is 10.8 Å². The molecule has 1 fully saturated rings. The van der Waals surface area contributed by atoms with Crippen LogP contribution in [0.3, 0.4) is 0 Å². The van der Waals surface area contributed by atoms with E-state index in [4.69, 9.17) is 14.7 Å². The highest BCUT2D eigenvalue weighted by molar-refractivity contribution is 7.20. The van der Waals surface area contributed by atoms with E-state index in [1.54, 1.807) is 11.5 Å². The smallest absolute Gasteiger partial charge is 0.325 e. The Morgan fingerprint density at radius 2 is 1.74 bits per heavy atom. The molecule has 0 radical (unpaired) electrons. The summed E-state index contributed by atoms with van der Waals surface area (Å²) in [4.78, 5) is 25.0. The second kappa shape index (κ2) is 12.7. The number of carbonyl (C=O) groups is 2. The summed E-state index contributed by atoms with van der Waals surface area (Å²) in [6.45, 7) is 7.34. The number of esters is 1. The van der Waals surface area contributed by atoms with Crippen LogP contribution in [0, 0.1) is 0 Å². The topological polar surface area (TPSA) is 109 Å². The molecule has 38 heavy (non-hydrogen) atoms. The molecule has 4 N–H and O–H groups in total. The highest BCUT2D eigenvalue weighted by atomic mass is 32.1. The third kappa shape index (κ3) is 8.01. The third-order valence-electron chi connectivity index (χ3n) is 6.47. The first kappa shape index (κ1) is 28.0. The molecular weight excluding hydrogens is 502 g/mol. The van der Waals surface area contributed by atoms with E-state index in [1.807, 2.05) is 63.2 Å². The maximum absolute atomic E-state index is 12.8. The van der Waals surface area contributed by atoms with Crippen molar-refractivity contribution in [3.8, 4) is 0 Å². The van der Waals surface area contributed by atoms with Gasteiger partial charge in [0, 0.05) is 23.5 Å². The molecular formula is C29H37N3O5S. The lowest BCUT2D eigenvalue weighted by molar-refractivity contribution is -0.154. The van der Waals surface area contributed by atoms with Gasteiger partial charge in [-0.05, 0) is 87.2 Å². The number of hydrogen-bond acceptors (Lipinski definition) is 8. The molecule has 0 unspecified atom stereocenters. The molecule has 3 aromatic rings. The molecule has 1 atom stereocenters. The van der Waals surface area contributed by atoms with E-state index in [9.17, 15) is 9.59 Å². The number of ether oxygens (including phenoxy) is 2. The van der Waals surface area contributed by atoms with Crippen LogP contribution in [0.4, 0.5) is 5.69 Å². The summed E-state index contributed by atoms with van der Waals surface area (Å²) in [6, 6.07) is 15.4. The standard InChI is InChI=1S/C29H37N3O5S/c1-29(2,3)36-18-24(28(34)37-23-6-4-5-7-23)31-16-19-9-12-22(13-10-19)30-17-20-8-11-21-15-26(27(33)32-35)38-25(21)14-20/h8-15,23-24,30-31,35H,4-7,16-18H2,1-3H3,(H,32,33)/t24-/m0/s1. The van der Waals surface area contributed by atoms with Gasteiger partial charge in [0.1, 0.15) is 12.1 Å². The molecule has 1 saturated carbocycles. The van der Waals surface area contributed by atoms with E-state index >= 15 is 0 Å². The zero-order chi connectivity index (χ0) is 27.1. The molecule has 0 bridgehead atoms. The molecule has 1 heterocycles. The first-order valence-electron chi connectivity index (χ1n) is 13.1. The van der Waals surface area contributed by atoms with Gasteiger partial charge >= 0.3 is 5.97 Å². The van der Waals surface area contributed by atoms with Crippen LogP contribution in [0.5, 0.6) is 0 Å². The van der Waals surface area contributed by atoms with Crippen molar-refractivity contribution in [2.45, 2.75) is 77.3 Å². The Bertz CT molecular complexity index is 1230. The Morgan fingerprint density at radius 1 is 1.03 bits per heavy atom. The van der Waals surface area contributed by atoms with Crippen LogP contribution in [0.15, 0.2) is 48.5 Å². The summed E-state index contributed by atoms with van der Waals surface area (Å²) in [5.74, 6) is -0.745. The fraction of sp³-hybridized carbons (Fsp3) is 0.448. The largest absolute Gasteiger partial charge is 0.461 e. The van der Waals surface area contributed by atoms with Crippen molar-refractivity contribution >= 4 is 39.0 Å². The molecule has 1 aliphatic carbocycles. The second-order valence-corrected chi connectivity index (χ2v) is 11.8. The number of hydroxylamine groups is 1. The summed E-state index contributed by atoms with van der Waals surface area (Å²) < 4.78 is 12.6. The molecule has 0 saturated heterocycles. The molecule has 204 valence electrons. The van der Waals surface area contributed by atoms with Gasteiger partial charge in [-0.25, -0.2) is 5.48 Å². The molecule has 1 aromatic heterocycles. The van der Waals surface area contributed by atoms with Gasteiger partial charge in [-0.15, -0.1) is 11.3 Å². The van der Waals surface area contributed by atoms with Gasteiger partial charge in [-0.2, -0.15) is 0 Å². The van der Waals surface area contributed by atoms with Crippen LogP contribution in [0.25, 0.3) is 10.1 Å². The van der Waals surface area contributed by atoms with Crippen molar-refractivity contribution in [2.75, 3.05) is 11.9 Å². The quantitative estimate of drug-likeness (QED) is 0.147. The normalized spacial score (nSPS) is 14.9. The number of hydrogen-bond donors (Lipinski definition) is 4. The lowest BCUT2D eigenvalue weighted by Gasteiger charge is -2.25. The molecule has 1 amide bonds. The van der Waals surface area contributed by atoms with Gasteiger partial charge in [0.15, 0.2) is 0 Å². The zero-order valence-electron chi connectivity index (χ0n) is 22.2. The Hall–Kier alpha value is -2.98. The van der Waals surface area contributed by atoms with Crippen LogP contribution in [0.2, 0.25) is 0 Å². The Labute approximate surface area is 227 Å². The third-order valence-corrected chi connectivity index (χ3v) is 7.56. The lowest BCUT2D eigenvalue weighted by Crippen LogP contribution is -2.44. The monoisotopic (exact) mass is 539 g/mol. The number of anilines is 1. The van der Waals surface area contributed by atoms with Crippen molar-refractivity contribution in [3.63, 3.8) is 0 Å². The molecule has 2 aromatic carbocycles. The molecule has 4 rings (SSSR count). The van der Waals surface area contributed by atoms with Gasteiger partial charge in [-0.1, -0.05) is 24.3 Å². The Morgan fingerprint density at radius 3 is 2.42 bits per heavy atom. The summed E-state index contributed by atoms with van der Waals surface area (Å²) in [5, 5.41) is 16.6. The minimum absolute atomic E-state index is 0.0226. The first-order chi connectivity index (χ1) is 18.2. The van der Waals surface area contributed by atoms with E-state index < -0.39 is 11.9 Å². The number of nitrogens with one attached hydrogen (secondary N) is 3. The molecule has 8 nitrogen and oxygen atoms in total. The number of carbonyl (C=O) groups excluding carboxylic acids is 2. The minimum atomic E-state index is -0.524. The fourth-order valence-electron chi connectivity index (χ4n) is 4.33. The Balaban J connectivity index is 1.31. The van der Waals surface area contributed by atoms with Crippen LogP contribution in [0.1, 0.15) is 67.3 Å². The highest BCUT2D eigenvalue weighted by Crippen LogP contribution is 2.27. The number of benzene rings is 2. The predicted octanol–water partition coefficient (Wildman–Crippen LogP) is 5.39. The van der Waals surface area contributed by atoms with E-state index in [2.05, 4.69) is 10.6 Å². The molecule has 0 aliphatic heterocycles. The summed E-state index contributed by atoms with van der Waals surface area (Å²) >= 11 is 1.34. The SMILES string of the molecule is CC(C)(C)OC[C@H](NCc1ccc(NCc2ccc3cc(C(=O)NO)sc3c2)cc1)C(=O)OC1CCCC1. The van der Waals surface area contributed by atoms with Gasteiger partial charge < -0.3 is 14.8 Å². The van der Waals surface area contributed by atoms with Gasteiger partial charge in [0.2, 0.25) is 0 Å². The summed E-state index contributed by atoms with van der Waals surface area (Å²) in [5.41, 5.74) is 4.46. The average molecular weight is 540 g/mol. The van der Waals surface area contributed by atoms with E-state index in [1.165, 1.54) is 11.3 Å². The van der Waals surface area contributed by atoms with Crippen LogP contribution >= 0.6 is 11.3 Å². The zero-order valence-corrected chi connectivity index (χ0v) is 23.0. The van der Waals surface area contributed by atoms with Crippen molar-refractivity contribution < 1.29 is 24.3 Å². The number of fused-ring (bicyclic) bond motifs is 1. The second-order valence-electron chi connectivity index (χ2n) is 10.7. The van der Waals surface area contributed by atoms with Gasteiger partial charge in [0.05, 0.1) is 17.1 Å². The van der Waals surface area contributed by atoms with Crippen molar-refractivity contribution in [2.24, 2.45) is 0 Å². The maximum Gasteiger partial charge on any atom is 0.325 e. The molecule has 9 heteroatoms. The number of thiophene rings is 1.